The first-order chi connectivity index (χ1) is 11.9. The molecule has 8 heteroatoms. The van der Waals surface area contributed by atoms with Gasteiger partial charge in [0, 0.05) is 36.1 Å². The minimum absolute atomic E-state index is 0.819. The van der Waals surface area contributed by atoms with E-state index in [2.05, 4.69) is 29.0 Å². The number of likely N-dealkylation sites (N-methyl/N-ethyl adjacent to an activating group) is 1. The van der Waals surface area contributed by atoms with Crippen LogP contribution in [-0.4, -0.2) is 77.5 Å². The van der Waals surface area contributed by atoms with Crippen molar-refractivity contribution in [3.05, 3.63) is 29.3 Å². The summed E-state index contributed by atoms with van der Waals surface area (Å²) in [6, 6.07) is 8.14. The lowest BCUT2D eigenvalue weighted by molar-refractivity contribution is -0.159. The number of hydrogen-bond donors (Lipinski definition) is 2. The van der Waals surface area contributed by atoms with Crippen LogP contribution in [0.1, 0.15) is 12.8 Å². The van der Waals surface area contributed by atoms with Crippen LogP contribution < -0.4 is 0 Å². The smallest absolute Gasteiger partial charge is 0.414 e. The van der Waals surface area contributed by atoms with Crippen molar-refractivity contribution in [2.75, 3.05) is 45.5 Å². The number of halogens is 1. The van der Waals surface area contributed by atoms with Gasteiger partial charge in [-0.3, -0.25) is 0 Å². The molecular formula is C17H25ClN2O4S. The third-order valence-electron chi connectivity index (χ3n) is 3.73. The van der Waals surface area contributed by atoms with Gasteiger partial charge in [0.25, 0.3) is 0 Å². The molecule has 1 aliphatic heterocycles. The predicted molar refractivity (Wildman–Crippen MR) is 101 cm³/mol. The quantitative estimate of drug-likeness (QED) is 0.440. The Morgan fingerprint density at radius 2 is 1.60 bits per heavy atom. The third kappa shape index (κ3) is 10.3. The summed E-state index contributed by atoms with van der Waals surface area (Å²) in [4.78, 5) is 24.5. The van der Waals surface area contributed by atoms with Crippen LogP contribution in [0.25, 0.3) is 0 Å². The molecule has 1 fully saturated rings. The Morgan fingerprint density at radius 1 is 1.04 bits per heavy atom. The van der Waals surface area contributed by atoms with Gasteiger partial charge < -0.3 is 20.0 Å². The van der Waals surface area contributed by atoms with Gasteiger partial charge in [-0.1, -0.05) is 11.6 Å². The van der Waals surface area contributed by atoms with E-state index in [9.17, 15) is 0 Å². The molecule has 1 aliphatic rings. The molecule has 0 bridgehead atoms. The molecule has 1 aromatic carbocycles. The minimum atomic E-state index is -1.82. The first kappa shape index (κ1) is 21.8. The fraction of sp³-hybridized carbons (Fsp3) is 0.529. The number of carbonyl (C=O) groups is 2. The normalized spacial score (nSPS) is 15.3. The molecular weight excluding hydrogens is 364 g/mol. The zero-order chi connectivity index (χ0) is 18.7. The number of rotatable bonds is 6. The van der Waals surface area contributed by atoms with Crippen LogP contribution in [0, 0.1) is 0 Å². The van der Waals surface area contributed by atoms with E-state index in [1.807, 2.05) is 23.9 Å². The number of nitrogens with zero attached hydrogens (tertiary/aromatic N) is 2. The molecule has 0 radical (unpaired) electrons. The second-order valence-electron chi connectivity index (χ2n) is 5.76. The molecule has 25 heavy (non-hydrogen) atoms. The summed E-state index contributed by atoms with van der Waals surface area (Å²) < 4.78 is 0. The molecule has 1 saturated heterocycles. The predicted octanol–water partition coefficient (Wildman–Crippen LogP) is 2.62. The first-order valence-electron chi connectivity index (χ1n) is 8.14. The van der Waals surface area contributed by atoms with Gasteiger partial charge in [0.1, 0.15) is 0 Å². The van der Waals surface area contributed by atoms with Crippen molar-refractivity contribution in [3.8, 4) is 0 Å². The zero-order valence-electron chi connectivity index (χ0n) is 14.4. The Hall–Kier alpha value is -1.28. The van der Waals surface area contributed by atoms with Gasteiger partial charge in [-0.05, 0) is 56.5 Å². The van der Waals surface area contributed by atoms with Gasteiger partial charge in [0.2, 0.25) is 0 Å². The topological polar surface area (TPSA) is 81.1 Å². The summed E-state index contributed by atoms with van der Waals surface area (Å²) >= 11 is 7.80. The lowest BCUT2D eigenvalue weighted by Crippen LogP contribution is -2.44. The maximum Gasteiger partial charge on any atom is 0.414 e. The average Bonchev–Trinajstić information content (AvgIpc) is 2.58. The third-order valence-corrected chi connectivity index (χ3v) is 5.08. The number of piperazine rings is 1. The van der Waals surface area contributed by atoms with Gasteiger partial charge in [-0.2, -0.15) is 0 Å². The van der Waals surface area contributed by atoms with Crippen molar-refractivity contribution in [1.29, 1.82) is 0 Å². The largest absolute Gasteiger partial charge is 0.473 e. The van der Waals surface area contributed by atoms with Crippen LogP contribution in [0.2, 0.25) is 5.02 Å². The average molecular weight is 389 g/mol. The Morgan fingerprint density at radius 3 is 2.12 bits per heavy atom. The molecule has 0 unspecified atom stereocenters. The monoisotopic (exact) mass is 388 g/mol. The Kier molecular flexibility index (Phi) is 10.6. The minimum Gasteiger partial charge on any atom is -0.473 e. The number of aliphatic carboxylic acids is 2. The second kappa shape index (κ2) is 12.1. The molecule has 1 heterocycles. The van der Waals surface area contributed by atoms with E-state index >= 15 is 0 Å². The van der Waals surface area contributed by atoms with Gasteiger partial charge in [0.15, 0.2) is 0 Å². The first-order valence-corrected chi connectivity index (χ1v) is 9.50. The van der Waals surface area contributed by atoms with Gasteiger partial charge in [0.05, 0.1) is 0 Å². The zero-order valence-corrected chi connectivity index (χ0v) is 15.9. The van der Waals surface area contributed by atoms with Crippen molar-refractivity contribution in [1.82, 2.24) is 9.80 Å². The lowest BCUT2D eigenvalue weighted by Gasteiger charge is -2.32. The van der Waals surface area contributed by atoms with E-state index < -0.39 is 11.9 Å². The molecule has 6 nitrogen and oxygen atoms in total. The highest BCUT2D eigenvalue weighted by molar-refractivity contribution is 7.99. The van der Waals surface area contributed by atoms with E-state index in [1.165, 1.54) is 56.2 Å². The van der Waals surface area contributed by atoms with Crippen LogP contribution >= 0.6 is 23.4 Å². The molecule has 1 aromatic rings. The number of carboxylic acids is 2. The standard InChI is InChI=1S/C15H23ClN2S.C2H2O4/c1-17-9-11-18(12-10-17)8-2-3-13-19-15-6-4-14(16)5-7-15;3-1(4)2(5)6/h4-7H,2-3,8-13H2,1H3;(H,3,4)(H,5,6). The van der Waals surface area contributed by atoms with E-state index in [4.69, 9.17) is 31.4 Å². The van der Waals surface area contributed by atoms with E-state index in [1.54, 1.807) is 0 Å². The number of unbranched alkanes of at least 4 members (excludes halogenated alkanes) is 1. The van der Waals surface area contributed by atoms with Crippen molar-refractivity contribution >= 4 is 35.3 Å². The highest BCUT2D eigenvalue weighted by Crippen LogP contribution is 2.21. The molecule has 0 atom stereocenters. The fourth-order valence-electron chi connectivity index (χ4n) is 2.23. The van der Waals surface area contributed by atoms with Crippen LogP contribution in [0.15, 0.2) is 29.2 Å². The summed E-state index contributed by atoms with van der Waals surface area (Å²) in [7, 11) is 2.21. The number of benzene rings is 1. The summed E-state index contributed by atoms with van der Waals surface area (Å²) in [5.41, 5.74) is 0. The fourth-order valence-corrected chi connectivity index (χ4v) is 3.27. The highest BCUT2D eigenvalue weighted by atomic mass is 35.5. The highest BCUT2D eigenvalue weighted by Gasteiger charge is 2.12. The maximum absolute atomic E-state index is 9.10. The van der Waals surface area contributed by atoms with Gasteiger partial charge in [-0.15, -0.1) is 11.8 Å². The summed E-state index contributed by atoms with van der Waals surface area (Å²) in [6.45, 7) is 6.18. The van der Waals surface area contributed by atoms with E-state index in [-0.39, 0.29) is 0 Å². The van der Waals surface area contributed by atoms with E-state index in [0.29, 0.717) is 0 Å². The molecule has 2 rings (SSSR count). The molecule has 2 N–H and O–H groups in total. The number of hydrogen-bond acceptors (Lipinski definition) is 5. The summed E-state index contributed by atoms with van der Waals surface area (Å²) in [5, 5.41) is 15.6. The Bertz CT molecular complexity index is 522. The summed E-state index contributed by atoms with van der Waals surface area (Å²) in [6.07, 6.45) is 2.60. The van der Waals surface area contributed by atoms with Crippen LogP contribution in [0.3, 0.4) is 0 Å². The molecule has 0 aromatic heterocycles. The van der Waals surface area contributed by atoms with Crippen LogP contribution in [-0.2, 0) is 9.59 Å². The molecule has 140 valence electrons. The Labute approximate surface area is 157 Å². The van der Waals surface area contributed by atoms with Crippen molar-refractivity contribution in [2.45, 2.75) is 17.7 Å². The SMILES string of the molecule is CN1CCN(CCCCSc2ccc(Cl)cc2)CC1.O=C(O)C(=O)O. The molecule has 0 amide bonds. The van der Waals surface area contributed by atoms with Crippen molar-refractivity contribution in [3.63, 3.8) is 0 Å². The van der Waals surface area contributed by atoms with Gasteiger partial charge >= 0.3 is 11.9 Å². The van der Waals surface area contributed by atoms with Crippen LogP contribution in [0.4, 0.5) is 0 Å². The van der Waals surface area contributed by atoms with Crippen molar-refractivity contribution in [2.24, 2.45) is 0 Å². The lowest BCUT2D eigenvalue weighted by atomic mass is 10.2. The molecule has 0 aliphatic carbocycles. The number of thioether (sulfide) groups is 1. The van der Waals surface area contributed by atoms with Crippen LogP contribution in [0.5, 0.6) is 0 Å². The van der Waals surface area contributed by atoms with E-state index in [0.717, 1.165) is 5.02 Å². The molecule has 0 saturated carbocycles. The van der Waals surface area contributed by atoms with Crippen molar-refractivity contribution < 1.29 is 19.8 Å². The maximum atomic E-state index is 9.10. The Balaban J connectivity index is 0.000000450. The van der Waals surface area contributed by atoms with Gasteiger partial charge in [-0.25, -0.2) is 9.59 Å². The second-order valence-corrected chi connectivity index (χ2v) is 7.37. The summed E-state index contributed by atoms with van der Waals surface area (Å²) in [5.74, 6) is -2.44. The number of carboxylic acid groups (broad SMARTS) is 2. The molecule has 0 spiro atoms.